The summed E-state index contributed by atoms with van der Waals surface area (Å²) in [5.74, 6) is -1.38. The number of nitriles is 1. The quantitative estimate of drug-likeness (QED) is 0.634. The Morgan fingerprint density at radius 2 is 2.09 bits per heavy atom. The van der Waals surface area contributed by atoms with Gasteiger partial charge in [-0.05, 0) is 12.1 Å². The molecule has 1 aliphatic heterocycles. The molecule has 1 aliphatic rings. The van der Waals surface area contributed by atoms with E-state index in [-0.39, 0.29) is 22.8 Å². The number of carbonyl (C=O) groups is 1. The number of rotatable bonds is 5. The van der Waals surface area contributed by atoms with E-state index in [1.54, 1.807) is 12.1 Å². The van der Waals surface area contributed by atoms with Gasteiger partial charge >= 0.3 is 5.97 Å². The summed E-state index contributed by atoms with van der Waals surface area (Å²) >= 11 is 0. The van der Waals surface area contributed by atoms with Crippen molar-refractivity contribution in [3.63, 3.8) is 0 Å². The van der Waals surface area contributed by atoms with Crippen LogP contribution in [0.4, 0.5) is 0 Å². The zero-order valence-corrected chi connectivity index (χ0v) is 12.9. The van der Waals surface area contributed by atoms with Crippen LogP contribution in [0.2, 0.25) is 0 Å². The highest BCUT2D eigenvalue weighted by atomic mass is 16.7. The maximum absolute atomic E-state index is 12.3. The molecule has 0 spiro atoms. The monoisotopic (exact) mass is 320 g/mol. The van der Waals surface area contributed by atoms with Crippen molar-refractivity contribution in [3.8, 4) is 6.07 Å². The SMILES string of the molecule is COC(=O)C1=C(C(OC)OC)OC(N)=C(C#N)C1c1ccco1. The second-order valence-electron chi connectivity index (χ2n) is 4.51. The second-order valence-corrected chi connectivity index (χ2v) is 4.51. The van der Waals surface area contributed by atoms with E-state index in [4.69, 9.17) is 29.1 Å². The molecule has 1 aromatic heterocycles. The van der Waals surface area contributed by atoms with Crippen LogP contribution in [0, 0.1) is 11.3 Å². The Hall–Kier alpha value is -2.76. The predicted octanol–water partition coefficient (Wildman–Crippen LogP) is 1.13. The maximum atomic E-state index is 12.3. The minimum atomic E-state index is -1.000. The zero-order chi connectivity index (χ0) is 17.0. The van der Waals surface area contributed by atoms with E-state index in [0.29, 0.717) is 5.76 Å². The van der Waals surface area contributed by atoms with Crippen molar-refractivity contribution in [1.82, 2.24) is 0 Å². The lowest BCUT2D eigenvalue weighted by molar-refractivity contribution is -0.138. The van der Waals surface area contributed by atoms with Crippen LogP contribution in [0.5, 0.6) is 0 Å². The summed E-state index contributed by atoms with van der Waals surface area (Å²) in [4.78, 5) is 12.3. The van der Waals surface area contributed by atoms with Gasteiger partial charge < -0.3 is 29.1 Å². The lowest BCUT2D eigenvalue weighted by Crippen LogP contribution is -2.31. The van der Waals surface area contributed by atoms with Crippen molar-refractivity contribution < 1.29 is 28.2 Å². The predicted molar refractivity (Wildman–Crippen MR) is 76.2 cm³/mol. The van der Waals surface area contributed by atoms with Crippen molar-refractivity contribution in [2.45, 2.75) is 12.2 Å². The summed E-state index contributed by atoms with van der Waals surface area (Å²) in [6.07, 6.45) is 0.426. The molecule has 8 nitrogen and oxygen atoms in total. The van der Waals surface area contributed by atoms with E-state index in [0.717, 1.165) is 0 Å². The fourth-order valence-electron chi connectivity index (χ4n) is 2.33. The number of methoxy groups -OCH3 is 3. The number of hydrogen-bond acceptors (Lipinski definition) is 8. The number of esters is 1. The lowest BCUT2D eigenvalue weighted by atomic mass is 9.86. The van der Waals surface area contributed by atoms with Crippen molar-refractivity contribution in [1.29, 1.82) is 5.26 Å². The molecule has 23 heavy (non-hydrogen) atoms. The minimum absolute atomic E-state index is 0.0137. The van der Waals surface area contributed by atoms with E-state index in [1.807, 2.05) is 6.07 Å². The smallest absolute Gasteiger partial charge is 0.338 e. The Labute approximate surface area is 132 Å². The number of nitrogens with zero attached hydrogens (tertiary/aromatic N) is 1. The molecule has 2 N–H and O–H groups in total. The normalized spacial score (nSPS) is 18.0. The molecular formula is C15H16N2O6. The maximum Gasteiger partial charge on any atom is 0.338 e. The van der Waals surface area contributed by atoms with E-state index < -0.39 is 18.2 Å². The molecule has 8 heteroatoms. The first kappa shape index (κ1) is 16.6. The molecule has 2 heterocycles. The first-order valence-electron chi connectivity index (χ1n) is 6.57. The number of hydrogen-bond donors (Lipinski definition) is 1. The number of carbonyl (C=O) groups excluding carboxylic acids is 1. The third-order valence-electron chi connectivity index (χ3n) is 3.32. The first-order valence-corrected chi connectivity index (χ1v) is 6.57. The second kappa shape index (κ2) is 7.00. The van der Waals surface area contributed by atoms with Crippen LogP contribution in [-0.4, -0.2) is 33.6 Å². The van der Waals surface area contributed by atoms with Gasteiger partial charge in [-0.2, -0.15) is 5.26 Å². The van der Waals surface area contributed by atoms with Crippen LogP contribution in [0.3, 0.4) is 0 Å². The largest absolute Gasteiger partial charge is 0.468 e. The van der Waals surface area contributed by atoms with Crippen LogP contribution >= 0.6 is 0 Å². The molecule has 0 saturated carbocycles. The molecule has 0 aliphatic carbocycles. The third kappa shape index (κ3) is 2.92. The Kier molecular flexibility index (Phi) is 5.05. The van der Waals surface area contributed by atoms with Crippen LogP contribution in [0.1, 0.15) is 11.7 Å². The van der Waals surface area contributed by atoms with Crippen molar-refractivity contribution in [2.24, 2.45) is 5.73 Å². The minimum Gasteiger partial charge on any atom is -0.468 e. The summed E-state index contributed by atoms with van der Waals surface area (Å²) in [6.45, 7) is 0. The van der Waals surface area contributed by atoms with Crippen LogP contribution in [0.15, 0.2) is 45.6 Å². The average Bonchev–Trinajstić information content (AvgIpc) is 3.08. The average molecular weight is 320 g/mol. The number of ether oxygens (including phenoxy) is 4. The molecule has 0 amide bonds. The van der Waals surface area contributed by atoms with Crippen molar-refractivity contribution in [2.75, 3.05) is 21.3 Å². The molecule has 2 rings (SSSR count). The highest BCUT2D eigenvalue weighted by Crippen LogP contribution is 2.41. The van der Waals surface area contributed by atoms with Gasteiger partial charge in [0.1, 0.15) is 17.4 Å². The van der Waals surface area contributed by atoms with E-state index in [2.05, 4.69) is 0 Å². The summed E-state index contributed by atoms with van der Waals surface area (Å²) in [5, 5.41) is 9.40. The molecule has 0 bridgehead atoms. The number of furan rings is 1. The fraction of sp³-hybridized carbons (Fsp3) is 0.333. The van der Waals surface area contributed by atoms with Gasteiger partial charge in [-0.25, -0.2) is 4.79 Å². The zero-order valence-electron chi connectivity index (χ0n) is 12.9. The van der Waals surface area contributed by atoms with Crippen LogP contribution < -0.4 is 5.73 Å². The van der Waals surface area contributed by atoms with Gasteiger partial charge in [0.2, 0.25) is 12.2 Å². The molecule has 0 saturated heterocycles. The highest BCUT2D eigenvalue weighted by molar-refractivity contribution is 5.92. The Morgan fingerprint density at radius 3 is 2.57 bits per heavy atom. The van der Waals surface area contributed by atoms with Gasteiger partial charge in [0, 0.05) is 14.2 Å². The summed E-state index contributed by atoms with van der Waals surface area (Å²) in [7, 11) is 3.97. The Bertz CT molecular complexity index is 679. The van der Waals surface area contributed by atoms with E-state index in [9.17, 15) is 10.1 Å². The molecule has 0 radical (unpaired) electrons. The highest BCUT2D eigenvalue weighted by Gasteiger charge is 2.41. The molecule has 1 atom stereocenters. The standard InChI is InChI=1S/C15H16N2O6/c1-19-14(18)11-10(9-5-4-6-22-9)8(7-16)13(17)23-12(11)15(20-2)21-3/h4-6,10,15H,17H2,1-3H3. The molecule has 0 aromatic carbocycles. The van der Waals surface area contributed by atoms with Gasteiger partial charge in [-0.3, -0.25) is 0 Å². The van der Waals surface area contributed by atoms with E-state index in [1.165, 1.54) is 27.6 Å². The fourth-order valence-corrected chi connectivity index (χ4v) is 2.33. The Morgan fingerprint density at radius 1 is 1.39 bits per heavy atom. The van der Waals surface area contributed by atoms with Crippen LogP contribution in [0.25, 0.3) is 0 Å². The van der Waals surface area contributed by atoms with Gasteiger partial charge in [0.15, 0.2) is 5.76 Å². The molecule has 1 aromatic rings. The molecular weight excluding hydrogens is 304 g/mol. The van der Waals surface area contributed by atoms with Crippen molar-refractivity contribution in [3.05, 3.63) is 46.9 Å². The van der Waals surface area contributed by atoms with Crippen molar-refractivity contribution >= 4 is 5.97 Å². The van der Waals surface area contributed by atoms with Gasteiger partial charge in [0.05, 0.1) is 24.9 Å². The summed E-state index contributed by atoms with van der Waals surface area (Å²) in [5.41, 5.74) is 5.89. The first-order chi connectivity index (χ1) is 11.1. The van der Waals surface area contributed by atoms with Crippen LogP contribution in [-0.2, 0) is 23.7 Å². The lowest BCUT2D eigenvalue weighted by Gasteiger charge is -2.29. The topological polar surface area (TPSA) is 117 Å². The van der Waals surface area contributed by atoms with Gasteiger partial charge in [-0.1, -0.05) is 0 Å². The van der Waals surface area contributed by atoms with E-state index >= 15 is 0 Å². The number of nitrogens with two attached hydrogens (primary N) is 1. The number of allylic oxidation sites excluding steroid dienone is 1. The van der Waals surface area contributed by atoms with Gasteiger partial charge in [0.25, 0.3) is 0 Å². The molecule has 122 valence electrons. The summed E-state index contributed by atoms with van der Waals surface area (Å²) < 4.78 is 25.9. The van der Waals surface area contributed by atoms with Gasteiger partial charge in [-0.15, -0.1) is 0 Å². The Balaban J connectivity index is 2.69. The molecule has 1 unspecified atom stereocenters. The summed E-state index contributed by atoms with van der Waals surface area (Å²) in [6, 6.07) is 5.20. The third-order valence-corrected chi connectivity index (χ3v) is 3.32. The molecule has 0 fully saturated rings.